The standard InChI is InChI=1S/C35H35BrClN3O4S/c36-28-13-9-12-27(22-28)24-39(33(23-26-10-3-1-4-11-26)35(42)38-30-14-7-8-15-30)34(41)25-40(31-16-5-2-6-17-31)45(43,44)32-20-18-29(37)19-21-32/h1-6,9-13,16-22,30,33H,7-8,14-15,23-25H2,(H,38,42). The molecule has 4 aromatic rings. The minimum Gasteiger partial charge on any atom is -0.352 e. The van der Waals surface area contributed by atoms with Crippen molar-refractivity contribution in [1.82, 2.24) is 10.2 Å². The zero-order valence-corrected chi connectivity index (χ0v) is 27.8. The van der Waals surface area contributed by atoms with Gasteiger partial charge in [-0.15, -0.1) is 0 Å². The molecule has 0 spiro atoms. The number of benzene rings is 4. The van der Waals surface area contributed by atoms with Crippen LogP contribution in [0.3, 0.4) is 0 Å². The maximum absolute atomic E-state index is 14.5. The van der Waals surface area contributed by atoms with Gasteiger partial charge in [0.1, 0.15) is 12.6 Å². The maximum atomic E-state index is 14.5. The Balaban J connectivity index is 1.55. The lowest BCUT2D eigenvalue weighted by Gasteiger charge is -2.34. The van der Waals surface area contributed by atoms with E-state index in [1.54, 1.807) is 30.3 Å². The van der Waals surface area contributed by atoms with Crippen LogP contribution in [0.1, 0.15) is 36.8 Å². The summed E-state index contributed by atoms with van der Waals surface area (Å²) in [5.41, 5.74) is 2.03. The fraction of sp³-hybridized carbons (Fsp3) is 0.257. The van der Waals surface area contributed by atoms with Crippen LogP contribution in [0.15, 0.2) is 119 Å². The van der Waals surface area contributed by atoms with Crippen molar-refractivity contribution in [1.29, 1.82) is 0 Å². The zero-order valence-electron chi connectivity index (χ0n) is 24.7. The summed E-state index contributed by atoms with van der Waals surface area (Å²) in [7, 11) is -4.18. The Hall–Kier alpha value is -3.66. The minimum absolute atomic E-state index is 0.00176. The fourth-order valence-corrected chi connectivity index (χ4v) is 7.60. The number of hydrogen-bond acceptors (Lipinski definition) is 4. The number of anilines is 1. The van der Waals surface area contributed by atoms with Crippen LogP contribution in [-0.4, -0.2) is 43.8 Å². The van der Waals surface area contributed by atoms with Gasteiger partial charge in [-0.25, -0.2) is 8.42 Å². The molecule has 0 heterocycles. The molecule has 1 aliphatic rings. The molecule has 1 N–H and O–H groups in total. The molecule has 1 atom stereocenters. The molecule has 0 aliphatic heterocycles. The Kier molecular flexibility index (Phi) is 11.0. The quantitative estimate of drug-likeness (QED) is 0.172. The molecule has 5 rings (SSSR count). The second-order valence-corrected chi connectivity index (χ2v) is 14.4. The summed E-state index contributed by atoms with van der Waals surface area (Å²) in [5.74, 6) is -0.750. The summed E-state index contributed by atoms with van der Waals surface area (Å²) in [6.07, 6.45) is 4.15. The molecular formula is C35H35BrClN3O4S. The van der Waals surface area contributed by atoms with Crippen LogP contribution < -0.4 is 9.62 Å². The number of para-hydroxylation sites is 1. The van der Waals surface area contributed by atoms with Crippen molar-refractivity contribution in [2.45, 2.75) is 55.6 Å². The van der Waals surface area contributed by atoms with Crippen molar-refractivity contribution >= 4 is 55.1 Å². The summed E-state index contributed by atoms with van der Waals surface area (Å²) in [6.45, 7) is -0.400. The van der Waals surface area contributed by atoms with Gasteiger partial charge in [0.2, 0.25) is 11.8 Å². The highest BCUT2D eigenvalue weighted by Gasteiger charge is 2.35. The Morgan fingerprint density at radius 3 is 2.11 bits per heavy atom. The monoisotopic (exact) mass is 707 g/mol. The minimum atomic E-state index is -4.18. The maximum Gasteiger partial charge on any atom is 0.264 e. The highest BCUT2D eigenvalue weighted by molar-refractivity contribution is 9.10. The van der Waals surface area contributed by atoms with Crippen molar-refractivity contribution in [3.05, 3.63) is 130 Å². The molecule has 1 saturated carbocycles. The number of hydrogen-bond donors (Lipinski definition) is 1. The number of halogens is 2. The molecule has 0 radical (unpaired) electrons. The first kappa shape index (κ1) is 32.7. The first-order valence-electron chi connectivity index (χ1n) is 14.9. The van der Waals surface area contributed by atoms with Gasteiger partial charge in [0.15, 0.2) is 0 Å². The van der Waals surface area contributed by atoms with Gasteiger partial charge in [-0.1, -0.05) is 101 Å². The van der Waals surface area contributed by atoms with Gasteiger partial charge >= 0.3 is 0 Å². The smallest absolute Gasteiger partial charge is 0.264 e. The van der Waals surface area contributed by atoms with Crippen molar-refractivity contribution in [2.24, 2.45) is 0 Å². The van der Waals surface area contributed by atoms with Crippen LogP contribution in [0, 0.1) is 0 Å². The van der Waals surface area contributed by atoms with Crippen LogP contribution >= 0.6 is 27.5 Å². The lowest BCUT2D eigenvalue weighted by atomic mass is 10.0. The van der Waals surface area contributed by atoms with Crippen molar-refractivity contribution in [2.75, 3.05) is 10.8 Å². The van der Waals surface area contributed by atoms with E-state index in [1.165, 1.54) is 29.2 Å². The Labute approximate surface area is 278 Å². The molecule has 10 heteroatoms. The van der Waals surface area contributed by atoms with E-state index in [4.69, 9.17) is 11.6 Å². The predicted molar refractivity (Wildman–Crippen MR) is 181 cm³/mol. The predicted octanol–water partition coefficient (Wildman–Crippen LogP) is 7.00. The Morgan fingerprint density at radius 2 is 1.47 bits per heavy atom. The average molecular weight is 709 g/mol. The molecule has 234 valence electrons. The third kappa shape index (κ3) is 8.54. The molecule has 1 fully saturated rings. The van der Waals surface area contributed by atoms with Crippen molar-refractivity contribution in [3.8, 4) is 0 Å². The van der Waals surface area contributed by atoms with E-state index < -0.39 is 28.5 Å². The topological polar surface area (TPSA) is 86.8 Å². The summed E-state index contributed by atoms with van der Waals surface area (Å²) < 4.78 is 30.0. The Bertz CT molecular complexity index is 1700. The SMILES string of the molecule is O=C(NC1CCCC1)C(Cc1ccccc1)N(Cc1cccc(Br)c1)C(=O)CN(c1ccccc1)S(=O)(=O)c1ccc(Cl)cc1. The fourth-order valence-electron chi connectivity index (χ4n) is 5.61. The second kappa shape index (κ2) is 15.1. The highest BCUT2D eigenvalue weighted by Crippen LogP contribution is 2.26. The molecule has 0 aromatic heterocycles. The van der Waals surface area contributed by atoms with E-state index in [1.807, 2.05) is 54.6 Å². The van der Waals surface area contributed by atoms with Crippen LogP contribution in [0.25, 0.3) is 0 Å². The van der Waals surface area contributed by atoms with E-state index in [0.717, 1.165) is 45.6 Å². The molecular weight excluding hydrogens is 674 g/mol. The summed E-state index contributed by atoms with van der Waals surface area (Å²) in [4.78, 5) is 30.1. The number of amides is 2. The van der Waals surface area contributed by atoms with Gasteiger partial charge in [-0.3, -0.25) is 13.9 Å². The highest BCUT2D eigenvalue weighted by atomic mass is 79.9. The second-order valence-electron chi connectivity index (χ2n) is 11.1. The number of carbonyl (C=O) groups excluding carboxylic acids is 2. The van der Waals surface area contributed by atoms with Gasteiger partial charge in [-0.05, 0) is 72.5 Å². The van der Waals surface area contributed by atoms with Crippen LogP contribution in [0.5, 0.6) is 0 Å². The van der Waals surface area contributed by atoms with Crippen molar-refractivity contribution in [3.63, 3.8) is 0 Å². The van der Waals surface area contributed by atoms with E-state index in [2.05, 4.69) is 21.2 Å². The molecule has 45 heavy (non-hydrogen) atoms. The van der Waals surface area contributed by atoms with Crippen LogP contribution in [0.4, 0.5) is 5.69 Å². The zero-order chi connectivity index (χ0) is 31.8. The number of nitrogens with one attached hydrogen (secondary N) is 1. The largest absolute Gasteiger partial charge is 0.352 e. The van der Waals surface area contributed by atoms with E-state index in [-0.39, 0.29) is 29.8 Å². The molecule has 0 bridgehead atoms. The summed E-state index contributed by atoms with van der Waals surface area (Å²) in [5, 5.41) is 3.59. The third-order valence-corrected chi connectivity index (χ3v) is 10.5. The molecule has 2 amide bonds. The molecule has 7 nitrogen and oxygen atoms in total. The van der Waals surface area contributed by atoms with Gasteiger partial charge in [-0.2, -0.15) is 0 Å². The van der Waals surface area contributed by atoms with E-state index in [9.17, 15) is 18.0 Å². The molecule has 4 aromatic carbocycles. The number of carbonyl (C=O) groups is 2. The molecule has 1 aliphatic carbocycles. The van der Waals surface area contributed by atoms with E-state index >= 15 is 0 Å². The van der Waals surface area contributed by atoms with Gasteiger partial charge in [0.25, 0.3) is 10.0 Å². The lowest BCUT2D eigenvalue weighted by Crippen LogP contribution is -2.54. The van der Waals surface area contributed by atoms with Crippen molar-refractivity contribution < 1.29 is 18.0 Å². The van der Waals surface area contributed by atoms with E-state index in [0.29, 0.717) is 10.7 Å². The van der Waals surface area contributed by atoms with Crippen LogP contribution in [-0.2, 0) is 32.6 Å². The van der Waals surface area contributed by atoms with Gasteiger partial charge in [0, 0.05) is 28.5 Å². The first-order valence-corrected chi connectivity index (χ1v) is 17.5. The van der Waals surface area contributed by atoms with Gasteiger partial charge < -0.3 is 10.2 Å². The lowest BCUT2D eigenvalue weighted by molar-refractivity contribution is -0.140. The normalized spacial score (nSPS) is 14.1. The number of nitrogens with zero attached hydrogens (tertiary/aromatic N) is 2. The summed E-state index contributed by atoms with van der Waals surface area (Å²) in [6, 6.07) is 30.6. The molecule has 0 saturated heterocycles. The average Bonchev–Trinajstić information content (AvgIpc) is 3.55. The third-order valence-electron chi connectivity index (χ3n) is 7.94. The van der Waals surface area contributed by atoms with Crippen LogP contribution in [0.2, 0.25) is 5.02 Å². The number of sulfonamides is 1. The first-order chi connectivity index (χ1) is 21.7. The Morgan fingerprint density at radius 1 is 0.844 bits per heavy atom. The number of rotatable bonds is 12. The van der Waals surface area contributed by atoms with Gasteiger partial charge in [0.05, 0.1) is 10.6 Å². The molecule has 1 unspecified atom stereocenters. The summed E-state index contributed by atoms with van der Waals surface area (Å²) >= 11 is 9.57.